The van der Waals surface area contributed by atoms with E-state index >= 15 is 0 Å². The van der Waals surface area contributed by atoms with Crippen molar-refractivity contribution in [3.63, 3.8) is 0 Å². The maximum Gasteiger partial charge on any atom is 0.296 e. The van der Waals surface area contributed by atoms with Crippen molar-refractivity contribution in [3.8, 4) is 11.8 Å². The molecular formula is C23H27NO. The number of benzene rings is 2. The van der Waals surface area contributed by atoms with Crippen molar-refractivity contribution in [2.24, 2.45) is 0 Å². The number of rotatable bonds is 8. The molecule has 0 aliphatic carbocycles. The Hall–Kier alpha value is -2.53. The first kappa shape index (κ1) is 18.8. The summed E-state index contributed by atoms with van der Waals surface area (Å²) in [5.41, 5.74) is 2.44. The predicted molar refractivity (Wildman–Crippen MR) is 104 cm³/mol. The topological polar surface area (TPSA) is 29.1 Å². The van der Waals surface area contributed by atoms with Crippen molar-refractivity contribution in [1.29, 1.82) is 0 Å². The van der Waals surface area contributed by atoms with E-state index in [1.165, 1.54) is 24.0 Å². The largest absolute Gasteiger partial charge is 0.342 e. The average molecular weight is 333 g/mol. The van der Waals surface area contributed by atoms with Gasteiger partial charge in [0.05, 0.1) is 0 Å². The number of carbonyl (C=O) groups is 1. The lowest BCUT2D eigenvalue weighted by Crippen LogP contribution is -2.37. The number of nitrogens with one attached hydrogen (secondary N) is 1. The van der Waals surface area contributed by atoms with Crippen LogP contribution in [0.1, 0.15) is 43.7 Å². The summed E-state index contributed by atoms with van der Waals surface area (Å²) in [5, 5.41) is 3.09. The molecule has 1 N–H and O–H groups in total. The molecule has 0 bridgehead atoms. The van der Waals surface area contributed by atoms with Crippen molar-refractivity contribution >= 4 is 5.91 Å². The number of hydrogen-bond donors (Lipinski definition) is 1. The molecule has 0 saturated carbocycles. The molecule has 0 aromatic heterocycles. The molecule has 0 aliphatic rings. The highest BCUT2D eigenvalue weighted by Crippen LogP contribution is 2.09. The van der Waals surface area contributed by atoms with Gasteiger partial charge in [-0.25, -0.2) is 0 Å². The van der Waals surface area contributed by atoms with Crippen LogP contribution >= 0.6 is 0 Å². The fourth-order valence-electron chi connectivity index (χ4n) is 2.80. The summed E-state index contributed by atoms with van der Waals surface area (Å²) >= 11 is 0. The van der Waals surface area contributed by atoms with E-state index < -0.39 is 0 Å². The van der Waals surface area contributed by atoms with E-state index in [4.69, 9.17) is 0 Å². The van der Waals surface area contributed by atoms with Crippen molar-refractivity contribution in [2.45, 2.75) is 51.5 Å². The SMILES string of the molecule is CCCCCC#CC(=O)NC(Cc1ccccc1)Cc1ccccc1. The highest BCUT2D eigenvalue weighted by atomic mass is 16.1. The lowest BCUT2D eigenvalue weighted by atomic mass is 9.99. The molecule has 2 rings (SSSR count). The van der Waals surface area contributed by atoms with Gasteiger partial charge >= 0.3 is 0 Å². The van der Waals surface area contributed by atoms with Gasteiger partial charge in [0.15, 0.2) is 0 Å². The second-order valence-corrected chi connectivity index (χ2v) is 6.31. The number of amides is 1. The van der Waals surface area contributed by atoms with Crippen LogP contribution in [-0.2, 0) is 17.6 Å². The first-order chi connectivity index (χ1) is 12.3. The van der Waals surface area contributed by atoms with E-state index in [0.29, 0.717) is 0 Å². The summed E-state index contributed by atoms with van der Waals surface area (Å²) in [6.07, 6.45) is 5.81. The maximum atomic E-state index is 12.2. The first-order valence-electron chi connectivity index (χ1n) is 9.15. The third-order valence-electron chi connectivity index (χ3n) is 4.09. The van der Waals surface area contributed by atoms with Crippen LogP contribution in [0.4, 0.5) is 0 Å². The number of unbranched alkanes of at least 4 members (excludes halogenated alkanes) is 3. The van der Waals surface area contributed by atoms with Gasteiger partial charge in [0.25, 0.3) is 5.91 Å². The van der Waals surface area contributed by atoms with Crippen molar-refractivity contribution < 1.29 is 4.79 Å². The van der Waals surface area contributed by atoms with Crippen LogP contribution in [0.2, 0.25) is 0 Å². The molecule has 2 heteroatoms. The third kappa shape index (κ3) is 7.72. The van der Waals surface area contributed by atoms with Crippen LogP contribution < -0.4 is 5.32 Å². The van der Waals surface area contributed by atoms with Gasteiger partial charge in [-0.15, -0.1) is 0 Å². The summed E-state index contributed by atoms with van der Waals surface area (Å²) in [6.45, 7) is 2.16. The van der Waals surface area contributed by atoms with Crippen LogP contribution in [0.5, 0.6) is 0 Å². The molecule has 2 aromatic rings. The fraction of sp³-hybridized carbons (Fsp3) is 0.348. The molecule has 130 valence electrons. The maximum absolute atomic E-state index is 12.2. The predicted octanol–water partition coefficient (Wildman–Crippen LogP) is 4.54. The van der Waals surface area contributed by atoms with Gasteiger partial charge in [-0.2, -0.15) is 0 Å². The van der Waals surface area contributed by atoms with Crippen LogP contribution in [0, 0.1) is 11.8 Å². The molecule has 0 atom stereocenters. The van der Waals surface area contributed by atoms with E-state index in [0.717, 1.165) is 25.7 Å². The van der Waals surface area contributed by atoms with Gasteiger partial charge in [-0.3, -0.25) is 4.79 Å². The van der Waals surface area contributed by atoms with Gasteiger partial charge in [-0.05, 0) is 36.3 Å². The van der Waals surface area contributed by atoms with E-state index in [2.05, 4.69) is 48.3 Å². The molecule has 2 nitrogen and oxygen atoms in total. The zero-order valence-electron chi connectivity index (χ0n) is 15.0. The van der Waals surface area contributed by atoms with Crippen molar-refractivity contribution in [1.82, 2.24) is 5.32 Å². The highest BCUT2D eigenvalue weighted by molar-refractivity contribution is 5.93. The molecule has 25 heavy (non-hydrogen) atoms. The minimum absolute atomic E-state index is 0.0437. The van der Waals surface area contributed by atoms with Crippen LogP contribution in [0.15, 0.2) is 60.7 Å². The highest BCUT2D eigenvalue weighted by Gasteiger charge is 2.12. The molecule has 0 spiro atoms. The van der Waals surface area contributed by atoms with Gasteiger partial charge in [0.2, 0.25) is 0 Å². The summed E-state index contributed by atoms with van der Waals surface area (Å²) in [6, 6.07) is 20.6. The van der Waals surface area contributed by atoms with Gasteiger partial charge in [0.1, 0.15) is 0 Å². The molecular weight excluding hydrogens is 306 g/mol. The molecule has 0 fully saturated rings. The first-order valence-corrected chi connectivity index (χ1v) is 9.15. The monoisotopic (exact) mass is 333 g/mol. The zero-order chi connectivity index (χ0) is 17.7. The average Bonchev–Trinajstić information content (AvgIpc) is 2.63. The van der Waals surface area contributed by atoms with Gasteiger partial charge in [0, 0.05) is 12.5 Å². The summed E-state index contributed by atoms with van der Waals surface area (Å²) in [4.78, 5) is 12.2. The Morgan fingerprint density at radius 3 is 2.00 bits per heavy atom. The van der Waals surface area contributed by atoms with E-state index in [1.54, 1.807) is 0 Å². The number of hydrogen-bond acceptors (Lipinski definition) is 1. The number of carbonyl (C=O) groups excluding carboxylic acids is 1. The Labute approximate surface area is 151 Å². The molecule has 0 radical (unpaired) electrons. The molecule has 1 amide bonds. The molecule has 0 unspecified atom stereocenters. The van der Waals surface area contributed by atoms with Crippen LogP contribution in [-0.4, -0.2) is 11.9 Å². The Balaban J connectivity index is 1.97. The molecule has 2 aromatic carbocycles. The van der Waals surface area contributed by atoms with Crippen LogP contribution in [0.3, 0.4) is 0 Å². The third-order valence-corrected chi connectivity index (χ3v) is 4.09. The second-order valence-electron chi connectivity index (χ2n) is 6.31. The zero-order valence-corrected chi connectivity index (χ0v) is 15.0. The lowest BCUT2D eigenvalue weighted by Gasteiger charge is -2.17. The standard InChI is InChI=1S/C23H27NO/c1-2-3-4-5-12-17-23(25)24-22(18-20-13-8-6-9-14-20)19-21-15-10-7-11-16-21/h6-11,13-16,22H,2-5,18-19H2,1H3,(H,24,25). The second kappa shape index (κ2) is 11.1. The Morgan fingerprint density at radius 2 is 1.48 bits per heavy atom. The van der Waals surface area contributed by atoms with E-state index in [-0.39, 0.29) is 11.9 Å². The summed E-state index contributed by atoms with van der Waals surface area (Å²) in [7, 11) is 0. The van der Waals surface area contributed by atoms with E-state index in [9.17, 15) is 4.79 Å². The summed E-state index contributed by atoms with van der Waals surface area (Å²) < 4.78 is 0. The molecule has 0 heterocycles. The van der Waals surface area contributed by atoms with Crippen molar-refractivity contribution in [2.75, 3.05) is 0 Å². The van der Waals surface area contributed by atoms with Gasteiger partial charge < -0.3 is 5.32 Å². The smallest absolute Gasteiger partial charge is 0.296 e. The van der Waals surface area contributed by atoms with Crippen LogP contribution in [0.25, 0.3) is 0 Å². The van der Waals surface area contributed by atoms with Gasteiger partial charge in [-0.1, -0.05) is 86.3 Å². The fourth-order valence-corrected chi connectivity index (χ4v) is 2.80. The van der Waals surface area contributed by atoms with Crippen molar-refractivity contribution in [3.05, 3.63) is 71.8 Å². The molecule has 0 saturated heterocycles. The normalized spacial score (nSPS) is 10.2. The van der Waals surface area contributed by atoms with E-state index in [1.807, 2.05) is 36.4 Å². The minimum Gasteiger partial charge on any atom is -0.342 e. The Kier molecular flexibility index (Phi) is 8.35. The Morgan fingerprint density at radius 1 is 0.920 bits per heavy atom. The lowest BCUT2D eigenvalue weighted by molar-refractivity contribution is -0.116. The summed E-state index contributed by atoms with van der Waals surface area (Å²) in [5.74, 6) is 5.56. The molecule has 0 aliphatic heterocycles. The minimum atomic E-state index is -0.173. The quantitative estimate of drug-likeness (QED) is 0.558. The Bertz CT molecular complexity index is 641.